The number of rotatable bonds is 9. The average Bonchev–Trinajstić information content (AvgIpc) is 3.50. The predicted molar refractivity (Wildman–Crippen MR) is 106 cm³/mol. The summed E-state index contributed by atoms with van der Waals surface area (Å²) in [5.41, 5.74) is 0.491. The number of hydrogen-bond donors (Lipinski definition) is 1. The molecule has 0 saturated heterocycles. The van der Waals surface area contributed by atoms with Gasteiger partial charge in [-0.2, -0.15) is 0 Å². The zero-order valence-electron chi connectivity index (χ0n) is 17.1. The lowest BCUT2D eigenvalue weighted by Crippen LogP contribution is -2.40. The predicted octanol–water partition coefficient (Wildman–Crippen LogP) is 0.976. The van der Waals surface area contributed by atoms with E-state index in [-0.39, 0.29) is 41.1 Å². The molecule has 3 rings (SSSR count). The first kappa shape index (κ1) is 21.5. The van der Waals surface area contributed by atoms with E-state index in [1.807, 2.05) is 6.92 Å². The summed E-state index contributed by atoms with van der Waals surface area (Å²) in [6.07, 6.45) is 3.45. The molecule has 1 aliphatic carbocycles. The third kappa shape index (κ3) is 4.84. The van der Waals surface area contributed by atoms with Crippen LogP contribution in [0.25, 0.3) is 0 Å². The highest BCUT2D eigenvalue weighted by Gasteiger charge is 2.35. The fraction of sp³-hybridized carbons (Fsp3) is 0.476. The third-order valence-electron chi connectivity index (χ3n) is 5.02. The van der Waals surface area contributed by atoms with E-state index in [1.165, 1.54) is 35.0 Å². The standard InChI is InChI=1S/C21H25N3O6/c1-3-4-9-24-19(27)15-8-5-13(10-16(15)20(24)28)21(29)30-12-18(26)23(2)11-17(25)22-14-6-7-14/h5,8,10,14H,3-4,6-7,9,11-12H2,1-2H3,(H,22,25). The van der Waals surface area contributed by atoms with Crippen molar-refractivity contribution in [2.75, 3.05) is 26.7 Å². The monoisotopic (exact) mass is 415 g/mol. The number of unbranched alkanes of at least 4 members (excludes halogenated alkanes) is 1. The lowest BCUT2D eigenvalue weighted by Gasteiger charge is -2.16. The Balaban J connectivity index is 1.55. The van der Waals surface area contributed by atoms with Crippen molar-refractivity contribution in [1.82, 2.24) is 15.1 Å². The van der Waals surface area contributed by atoms with Crippen LogP contribution in [-0.4, -0.2) is 72.2 Å². The molecule has 0 unspecified atom stereocenters. The van der Waals surface area contributed by atoms with Crippen LogP contribution in [0, 0.1) is 0 Å². The number of carbonyl (C=O) groups excluding carboxylic acids is 5. The van der Waals surface area contributed by atoms with Crippen molar-refractivity contribution in [2.45, 2.75) is 38.6 Å². The Labute approximate surface area is 174 Å². The largest absolute Gasteiger partial charge is 0.452 e. The van der Waals surface area contributed by atoms with Gasteiger partial charge in [-0.3, -0.25) is 24.1 Å². The Morgan fingerprint density at radius 3 is 2.53 bits per heavy atom. The first-order valence-electron chi connectivity index (χ1n) is 10.0. The summed E-state index contributed by atoms with van der Waals surface area (Å²) in [6, 6.07) is 4.34. The van der Waals surface area contributed by atoms with Crippen molar-refractivity contribution >= 4 is 29.6 Å². The summed E-state index contributed by atoms with van der Waals surface area (Å²) in [5.74, 6) is -2.36. The molecule has 1 saturated carbocycles. The number of amides is 4. The van der Waals surface area contributed by atoms with Crippen LogP contribution in [0.1, 0.15) is 63.7 Å². The zero-order valence-corrected chi connectivity index (χ0v) is 17.1. The van der Waals surface area contributed by atoms with Gasteiger partial charge in [-0.05, 0) is 37.5 Å². The smallest absolute Gasteiger partial charge is 0.338 e. The molecule has 1 aromatic rings. The minimum Gasteiger partial charge on any atom is -0.452 e. The first-order valence-corrected chi connectivity index (χ1v) is 10.0. The number of esters is 1. The van der Waals surface area contributed by atoms with Crippen LogP contribution in [0.5, 0.6) is 0 Å². The fourth-order valence-electron chi connectivity index (χ4n) is 3.06. The molecule has 30 heavy (non-hydrogen) atoms. The number of fused-ring (bicyclic) bond motifs is 1. The summed E-state index contributed by atoms with van der Waals surface area (Å²) in [5, 5.41) is 2.77. The maximum atomic E-state index is 12.5. The van der Waals surface area contributed by atoms with E-state index >= 15 is 0 Å². The van der Waals surface area contributed by atoms with Gasteiger partial charge in [0.1, 0.15) is 0 Å². The minimum absolute atomic E-state index is 0.0779. The molecule has 1 aliphatic heterocycles. The van der Waals surface area contributed by atoms with Crippen LogP contribution in [0.2, 0.25) is 0 Å². The molecule has 2 aliphatic rings. The van der Waals surface area contributed by atoms with Crippen molar-refractivity contribution in [3.05, 3.63) is 34.9 Å². The number of benzene rings is 1. The molecular formula is C21H25N3O6. The molecule has 9 heteroatoms. The normalized spacial score (nSPS) is 15.1. The number of likely N-dealkylation sites (N-methyl/N-ethyl adjacent to an activating group) is 1. The first-order chi connectivity index (χ1) is 14.3. The van der Waals surface area contributed by atoms with Gasteiger partial charge in [-0.1, -0.05) is 13.3 Å². The molecule has 9 nitrogen and oxygen atoms in total. The van der Waals surface area contributed by atoms with Gasteiger partial charge in [0.2, 0.25) is 5.91 Å². The Morgan fingerprint density at radius 2 is 1.87 bits per heavy atom. The van der Waals surface area contributed by atoms with E-state index in [0.29, 0.717) is 13.0 Å². The lowest BCUT2D eigenvalue weighted by molar-refractivity contribution is -0.137. The molecule has 0 radical (unpaired) electrons. The fourth-order valence-corrected chi connectivity index (χ4v) is 3.06. The van der Waals surface area contributed by atoms with Gasteiger partial charge in [-0.15, -0.1) is 0 Å². The Bertz CT molecular complexity index is 893. The molecule has 1 N–H and O–H groups in total. The average molecular weight is 415 g/mol. The molecule has 0 aromatic heterocycles. The molecule has 4 amide bonds. The van der Waals surface area contributed by atoms with Gasteiger partial charge in [0.25, 0.3) is 17.7 Å². The van der Waals surface area contributed by atoms with Crippen LogP contribution >= 0.6 is 0 Å². The molecule has 0 bridgehead atoms. The maximum absolute atomic E-state index is 12.5. The second-order valence-corrected chi connectivity index (χ2v) is 7.54. The van der Waals surface area contributed by atoms with E-state index < -0.39 is 24.4 Å². The minimum atomic E-state index is -0.783. The number of carbonyl (C=O) groups is 5. The number of ether oxygens (including phenoxy) is 1. The number of nitrogens with zero attached hydrogens (tertiary/aromatic N) is 2. The van der Waals surface area contributed by atoms with E-state index in [1.54, 1.807) is 0 Å². The van der Waals surface area contributed by atoms with Crippen molar-refractivity contribution in [1.29, 1.82) is 0 Å². The third-order valence-corrected chi connectivity index (χ3v) is 5.02. The summed E-state index contributed by atoms with van der Waals surface area (Å²) in [7, 11) is 1.45. The quantitative estimate of drug-likeness (QED) is 0.475. The Hall–Kier alpha value is -3.23. The van der Waals surface area contributed by atoms with Crippen molar-refractivity contribution in [3.8, 4) is 0 Å². The van der Waals surface area contributed by atoms with Crippen molar-refractivity contribution in [2.24, 2.45) is 0 Å². The molecule has 0 atom stereocenters. The maximum Gasteiger partial charge on any atom is 0.338 e. The number of imide groups is 1. The number of hydrogen-bond acceptors (Lipinski definition) is 6. The van der Waals surface area contributed by atoms with Crippen molar-refractivity contribution in [3.63, 3.8) is 0 Å². The summed E-state index contributed by atoms with van der Waals surface area (Å²) < 4.78 is 5.03. The molecule has 160 valence electrons. The van der Waals surface area contributed by atoms with Gasteiger partial charge < -0.3 is 15.0 Å². The lowest BCUT2D eigenvalue weighted by atomic mass is 10.1. The summed E-state index contributed by atoms with van der Waals surface area (Å²) >= 11 is 0. The van der Waals surface area contributed by atoms with E-state index in [2.05, 4.69) is 5.32 Å². The summed E-state index contributed by atoms with van der Waals surface area (Å²) in [6.45, 7) is 1.65. The molecular weight excluding hydrogens is 390 g/mol. The second kappa shape index (κ2) is 9.06. The SMILES string of the molecule is CCCCN1C(=O)c2ccc(C(=O)OCC(=O)N(C)CC(=O)NC3CC3)cc2C1=O. The van der Waals surface area contributed by atoms with Gasteiger partial charge in [0, 0.05) is 19.6 Å². The molecule has 0 spiro atoms. The highest BCUT2D eigenvalue weighted by molar-refractivity contribution is 6.22. The topological polar surface area (TPSA) is 113 Å². The van der Waals surface area contributed by atoms with Crippen molar-refractivity contribution < 1.29 is 28.7 Å². The Morgan fingerprint density at radius 1 is 1.17 bits per heavy atom. The molecule has 1 fully saturated rings. The van der Waals surface area contributed by atoms with Crippen LogP contribution in [0.4, 0.5) is 0 Å². The molecule has 1 aromatic carbocycles. The highest BCUT2D eigenvalue weighted by atomic mass is 16.5. The van der Waals surface area contributed by atoms with Gasteiger partial charge in [0.15, 0.2) is 6.61 Å². The second-order valence-electron chi connectivity index (χ2n) is 7.54. The highest BCUT2D eigenvalue weighted by Crippen LogP contribution is 2.24. The summed E-state index contributed by atoms with van der Waals surface area (Å²) in [4.78, 5) is 63.3. The van der Waals surface area contributed by atoms with E-state index in [4.69, 9.17) is 4.74 Å². The van der Waals surface area contributed by atoms with Crippen LogP contribution < -0.4 is 5.32 Å². The van der Waals surface area contributed by atoms with E-state index in [0.717, 1.165) is 19.3 Å². The van der Waals surface area contributed by atoms with Crippen LogP contribution in [-0.2, 0) is 14.3 Å². The van der Waals surface area contributed by atoms with Crippen LogP contribution in [0.15, 0.2) is 18.2 Å². The zero-order chi connectivity index (χ0) is 21.8. The molecule has 1 heterocycles. The van der Waals surface area contributed by atoms with Crippen LogP contribution in [0.3, 0.4) is 0 Å². The number of nitrogens with one attached hydrogen (secondary N) is 1. The van der Waals surface area contributed by atoms with Gasteiger partial charge >= 0.3 is 5.97 Å². The van der Waals surface area contributed by atoms with Gasteiger partial charge in [-0.25, -0.2) is 4.79 Å². The Kier molecular flexibility index (Phi) is 6.49. The van der Waals surface area contributed by atoms with Gasteiger partial charge in [0.05, 0.1) is 23.2 Å². The van der Waals surface area contributed by atoms with E-state index in [9.17, 15) is 24.0 Å².